The molecule has 0 N–H and O–H groups in total. The van der Waals surface area contributed by atoms with E-state index in [0.29, 0.717) is 6.04 Å². The quantitative estimate of drug-likeness (QED) is 0.763. The van der Waals surface area contributed by atoms with Crippen molar-refractivity contribution in [3.63, 3.8) is 0 Å². The molecule has 0 amide bonds. The van der Waals surface area contributed by atoms with Gasteiger partial charge in [0.25, 0.3) is 0 Å². The van der Waals surface area contributed by atoms with E-state index in [1.54, 1.807) is 0 Å². The van der Waals surface area contributed by atoms with Gasteiger partial charge in [-0.05, 0) is 47.6 Å². The van der Waals surface area contributed by atoms with E-state index in [4.69, 9.17) is 0 Å². The van der Waals surface area contributed by atoms with Crippen molar-refractivity contribution in [2.24, 2.45) is 0 Å². The number of nitrogens with zero attached hydrogens (tertiary/aromatic N) is 3. The minimum Gasteiger partial charge on any atom is -0.249 e. The first-order valence-electron chi connectivity index (χ1n) is 6.50. The van der Waals surface area contributed by atoms with Crippen LogP contribution in [0.15, 0.2) is 30.6 Å². The van der Waals surface area contributed by atoms with Gasteiger partial charge in [0.2, 0.25) is 0 Å². The second-order valence-electron chi connectivity index (χ2n) is 4.85. The average Bonchev–Trinajstić information content (AvgIpc) is 2.90. The summed E-state index contributed by atoms with van der Waals surface area (Å²) < 4.78 is 3.30. The van der Waals surface area contributed by atoms with Crippen LogP contribution < -0.4 is 0 Å². The molecule has 2 aromatic rings. The highest BCUT2D eigenvalue weighted by atomic mass is 127. The van der Waals surface area contributed by atoms with Gasteiger partial charge >= 0.3 is 0 Å². The minimum atomic E-state index is 0.559. The Morgan fingerprint density at radius 3 is 2.50 bits per heavy atom. The van der Waals surface area contributed by atoms with Gasteiger partial charge in [0.1, 0.15) is 6.33 Å². The summed E-state index contributed by atoms with van der Waals surface area (Å²) in [4.78, 5) is 4.44. The Morgan fingerprint density at radius 1 is 1.06 bits per heavy atom. The molecule has 1 aromatic heterocycles. The van der Waals surface area contributed by atoms with Crippen molar-refractivity contribution in [1.82, 2.24) is 14.8 Å². The summed E-state index contributed by atoms with van der Waals surface area (Å²) in [5.41, 5.74) is 1.10. The summed E-state index contributed by atoms with van der Waals surface area (Å²) in [7, 11) is 0. The molecular formula is C14H16IN3. The lowest BCUT2D eigenvalue weighted by Gasteiger charge is -2.21. The second kappa shape index (κ2) is 5.38. The van der Waals surface area contributed by atoms with Crippen LogP contribution in [0.1, 0.15) is 38.1 Å². The van der Waals surface area contributed by atoms with Crippen molar-refractivity contribution >= 4 is 22.6 Å². The van der Waals surface area contributed by atoms with Gasteiger partial charge < -0.3 is 0 Å². The van der Waals surface area contributed by atoms with Crippen molar-refractivity contribution in [2.75, 3.05) is 0 Å². The first-order chi connectivity index (χ1) is 8.83. The van der Waals surface area contributed by atoms with Crippen molar-refractivity contribution in [3.05, 3.63) is 34.2 Å². The molecule has 0 aliphatic heterocycles. The van der Waals surface area contributed by atoms with Gasteiger partial charge in [-0.25, -0.2) is 9.67 Å². The van der Waals surface area contributed by atoms with E-state index in [1.807, 2.05) is 6.33 Å². The third-order valence-corrected chi connectivity index (χ3v) is 4.28. The molecule has 1 fully saturated rings. The third kappa shape index (κ3) is 2.58. The highest BCUT2D eigenvalue weighted by Gasteiger charge is 2.16. The molecular weight excluding hydrogens is 337 g/mol. The molecule has 1 aromatic carbocycles. The summed E-state index contributed by atoms with van der Waals surface area (Å²) in [6, 6.07) is 8.92. The van der Waals surface area contributed by atoms with Gasteiger partial charge in [0.05, 0.1) is 6.04 Å². The van der Waals surface area contributed by atoms with E-state index in [0.717, 1.165) is 11.4 Å². The van der Waals surface area contributed by atoms with Gasteiger partial charge in [0.15, 0.2) is 5.82 Å². The predicted octanol–water partition coefficient (Wildman–Crippen LogP) is 4.05. The predicted molar refractivity (Wildman–Crippen MR) is 80.3 cm³/mol. The van der Waals surface area contributed by atoms with E-state index in [-0.39, 0.29) is 0 Å². The highest BCUT2D eigenvalue weighted by molar-refractivity contribution is 14.1. The Balaban J connectivity index is 1.82. The molecule has 0 bridgehead atoms. The Kier molecular flexibility index (Phi) is 3.63. The van der Waals surface area contributed by atoms with Crippen LogP contribution in [-0.2, 0) is 0 Å². The SMILES string of the molecule is Ic1ccc(-c2ncn(C3CCCCC3)n2)cc1. The molecule has 0 saturated heterocycles. The van der Waals surface area contributed by atoms with Crippen molar-refractivity contribution < 1.29 is 0 Å². The fourth-order valence-corrected chi connectivity index (χ4v) is 2.89. The van der Waals surface area contributed by atoms with Crippen LogP contribution in [0, 0.1) is 3.57 Å². The van der Waals surface area contributed by atoms with Crippen LogP contribution in [-0.4, -0.2) is 14.8 Å². The molecule has 94 valence electrons. The third-order valence-electron chi connectivity index (χ3n) is 3.56. The molecule has 18 heavy (non-hydrogen) atoms. The lowest BCUT2D eigenvalue weighted by atomic mass is 9.96. The van der Waals surface area contributed by atoms with Crippen molar-refractivity contribution in [2.45, 2.75) is 38.1 Å². The summed E-state index contributed by atoms with van der Waals surface area (Å²) in [6.07, 6.45) is 8.40. The summed E-state index contributed by atoms with van der Waals surface area (Å²) in [6.45, 7) is 0. The van der Waals surface area contributed by atoms with Gasteiger partial charge in [-0.2, -0.15) is 5.10 Å². The summed E-state index contributed by atoms with van der Waals surface area (Å²) in [5.74, 6) is 0.844. The largest absolute Gasteiger partial charge is 0.249 e. The Labute approximate surface area is 121 Å². The molecule has 1 heterocycles. The Bertz CT molecular complexity index is 512. The molecule has 1 aliphatic rings. The number of aromatic nitrogens is 3. The van der Waals surface area contributed by atoms with Crippen LogP contribution in [0.25, 0.3) is 11.4 Å². The molecule has 0 atom stereocenters. The fourth-order valence-electron chi connectivity index (χ4n) is 2.53. The number of hydrogen-bond donors (Lipinski definition) is 0. The van der Waals surface area contributed by atoms with Gasteiger partial charge in [-0.15, -0.1) is 0 Å². The van der Waals surface area contributed by atoms with Crippen LogP contribution in [0.5, 0.6) is 0 Å². The molecule has 4 heteroatoms. The molecule has 3 rings (SSSR count). The molecule has 0 radical (unpaired) electrons. The molecule has 1 aliphatic carbocycles. The lowest BCUT2D eigenvalue weighted by molar-refractivity contribution is 0.329. The number of hydrogen-bond acceptors (Lipinski definition) is 2. The smallest absolute Gasteiger partial charge is 0.181 e. The average molecular weight is 353 g/mol. The maximum atomic E-state index is 4.64. The molecule has 1 saturated carbocycles. The summed E-state index contributed by atoms with van der Waals surface area (Å²) >= 11 is 2.31. The number of halogens is 1. The molecule has 0 spiro atoms. The maximum Gasteiger partial charge on any atom is 0.181 e. The first-order valence-corrected chi connectivity index (χ1v) is 7.58. The van der Waals surface area contributed by atoms with E-state index < -0.39 is 0 Å². The standard InChI is InChI=1S/C14H16IN3/c15-12-8-6-11(7-9-12)14-16-10-18(17-14)13-4-2-1-3-5-13/h6-10,13H,1-5H2. The Hall–Kier alpha value is -0.910. The van der Waals surface area contributed by atoms with E-state index in [9.17, 15) is 0 Å². The van der Waals surface area contributed by atoms with E-state index in [1.165, 1.54) is 35.7 Å². The van der Waals surface area contributed by atoms with Gasteiger partial charge in [-0.1, -0.05) is 31.4 Å². The van der Waals surface area contributed by atoms with Gasteiger partial charge in [0, 0.05) is 9.13 Å². The monoisotopic (exact) mass is 353 g/mol. The number of benzene rings is 1. The van der Waals surface area contributed by atoms with Crippen molar-refractivity contribution in [1.29, 1.82) is 0 Å². The molecule has 0 unspecified atom stereocenters. The van der Waals surface area contributed by atoms with Crippen LogP contribution in [0.2, 0.25) is 0 Å². The lowest BCUT2D eigenvalue weighted by Crippen LogP contribution is -2.13. The van der Waals surface area contributed by atoms with Crippen LogP contribution >= 0.6 is 22.6 Å². The van der Waals surface area contributed by atoms with E-state index in [2.05, 4.69) is 61.6 Å². The highest BCUT2D eigenvalue weighted by Crippen LogP contribution is 2.28. The zero-order valence-electron chi connectivity index (χ0n) is 10.2. The fraction of sp³-hybridized carbons (Fsp3) is 0.429. The zero-order chi connectivity index (χ0) is 12.4. The summed E-state index contributed by atoms with van der Waals surface area (Å²) in [5, 5.41) is 4.64. The topological polar surface area (TPSA) is 30.7 Å². The first kappa shape index (κ1) is 12.1. The molecule has 3 nitrogen and oxygen atoms in total. The number of rotatable bonds is 2. The maximum absolute atomic E-state index is 4.64. The van der Waals surface area contributed by atoms with E-state index >= 15 is 0 Å². The zero-order valence-corrected chi connectivity index (χ0v) is 12.4. The van der Waals surface area contributed by atoms with Gasteiger partial charge in [-0.3, -0.25) is 0 Å². The Morgan fingerprint density at radius 2 is 1.78 bits per heavy atom. The van der Waals surface area contributed by atoms with Crippen LogP contribution in [0.3, 0.4) is 0 Å². The van der Waals surface area contributed by atoms with Crippen molar-refractivity contribution in [3.8, 4) is 11.4 Å². The normalized spacial score (nSPS) is 16.9. The minimum absolute atomic E-state index is 0.559. The van der Waals surface area contributed by atoms with Crippen LogP contribution in [0.4, 0.5) is 0 Å². The second-order valence-corrected chi connectivity index (χ2v) is 6.09.